The van der Waals surface area contributed by atoms with E-state index in [9.17, 15) is 28.8 Å². The van der Waals surface area contributed by atoms with Crippen molar-refractivity contribution in [3.05, 3.63) is 130 Å². The van der Waals surface area contributed by atoms with Crippen LogP contribution in [-0.2, 0) is 38.1 Å². The van der Waals surface area contributed by atoms with Crippen LogP contribution < -0.4 is 9.47 Å². The molecule has 0 aromatic heterocycles. The molecular weight excluding hydrogens is 793 g/mol. The lowest BCUT2D eigenvalue weighted by Crippen LogP contribution is -2.19. The van der Waals surface area contributed by atoms with Crippen LogP contribution in [0, 0.1) is 0 Å². The van der Waals surface area contributed by atoms with Gasteiger partial charge in [-0.15, -0.1) is 0 Å². The number of rotatable bonds is 23. The zero-order chi connectivity index (χ0) is 44.7. The second-order valence-corrected chi connectivity index (χ2v) is 14.1. The van der Waals surface area contributed by atoms with Crippen LogP contribution in [0.4, 0.5) is 0 Å². The summed E-state index contributed by atoms with van der Waals surface area (Å²) in [4.78, 5) is 76.7. The van der Waals surface area contributed by atoms with Crippen LogP contribution in [0.25, 0.3) is 23.3 Å². The third kappa shape index (κ3) is 15.3. The standard InChI is InChI=1S/C50H54O12/c1-5-9-29-57-47(53)43(48(54)58-30-10-6-2)33-35-13-25-41(26-14-35)61-45(51)39-21-17-37(18-22-39)38-19-23-40(24-20-38)46(52)62-42-27-15-36(16-28-42)34-44(49(55)59-31-11-7-3)50(56)60-32-12-8-4/h13-28,33-34H,5-12,29-32H2,1-4H3. The van der Waals surface area contributed by atoms with Crippen molar-refractivity contribution in [3.8, 4) is 22.6 Å². The van der Waals surface area contributed by atoms with E-state index in [-0.39, 0.29) is 49.1 Å². The van der Waals surface area contributed by atoms with Crippen LogP contribution in [0.5, 0.6) is 11.5 Å². The molecule has 12 heteroatoms. The molecule has 62 heavy (non-hydrogen) atoms. The fourth-order valence-corrected chi connectivity index (χ4v) is 5.48. The number of carbonyl (C=O) groups is 6. The number of esters is 6. The quantitative estimate of drug-likeness (QED) is 0.0133. The third-order valence-electron chi connectivity index (χ3n) is 9.18. The van der Waals surface area contributed by atoms with Crippen molar-refractivity contribution in [1.29, 1.82) is 0 Å². The smallest absolute Gasteiger partial charge is 0.345 e. The first kappa shape index (κ1) is 47.9. The average Bonchev–Trinajstić information content (AvgIpc) is 3.28. The summed E-state index contributed by atoms with van der Waals surface area (Å²) in [6, 6.07) is 26.2. The Morgan fingerprint density at radius 1 is 0.387 bits per heavy atom. The Bertz CT molecular complexity index is 1960. The van der Waals surface area contributed by atoms with Gasteiger partial charge in [-0.3, -0.25) is 0 Å². The van der Waals surface area contributed by atoms with E-state index in [0.717, 1.165) is 36.8 Å². The molecule has 0 saturated carbocycles. The van der Waals surface area contributed by atoms with Gasteiger partial charge in [0, 0.05) is 0 Å². The second kappa shape index (κ2) is 25.7. The normalized spacial score (nSPS) is 10.5. The van der Waals surface area contributed by atoms with Crippen molar-refractivity contribution in [1.82, 2.24) is 0 Å². The molecule has 0 saturated heterocycles. The topological polar surface area (TPSA) is 158 Å². The number of hydrogen-bond acceptors (Lipinski definition) is 12. The fourth-order valence-electron chi connectivity index (χ4n) is 5.48. The van der Waals surface area contributed by atoms with Gasteiger partial charge in [0.2, 0.25) is 0 Å². The lowest BCUT2D eigenvalue weighted by molar-refractivity contribution is -0.148. The van der Waals surface area contributed by atoms with Crippen molar-refractivity contribution in [2.75, 3.05) is 26.4 Å². The van der Waals surface area contributed by atoms with E-state index in [1.807, 2.05) is 27.7 Å². The van der Waals surface area contributed by atoms with Gasteiger partial charge in [-0.05, 0) is 109 Å². The Hall–Kier alpha value is -6.82. The molecule has 12 nitrogen and oxygen atoms in total. The van der Waals surface area contributed by atoms with E-state index in [1.165, 1.54) is 12.2 Å². The third-order valence-corrected chi connectivity index (χ3v) is 9.18. The monoisotopic (exact) mass is 846 g/mol. The van der Waals surface area contributed by atoms with Crippen LogP contribution in [-0.4, -0.2) is 62.2 Å². The minimum Gasteiger partial charge on any atom is -0.462 e. The lowest BCUT2D eigenvalue weighted by Gasteiger charge is -2.09. The van der Waals surface area contributed by atoms with Crippen LogP contribution in [0.15, 0.2) is 108 Å². The summed E-state index contributed by atoms with van der Waals surface area (Å²) in [5.74, 6) is -3.69. The van der Waals surface area contributed by atoms with E-state index >= 15 is 0 Å². The van der Waals surface area contributed by atoms with Gasteiger partial charge in [0.05, 0.1) is 37.6 Å². The van der Waals surface area contributed by atoms with E-state index in [4.69, 9.17) is 28.4 Å². The molecule has 0 aliphatic rings. The molecule has 0 unspecified atom stereocenters. The average molecular weight is 847 g/mol. The summed E-state index contributed by atoms with van der Waals surface area (Å²) in [6.07, 6.45) is 8.79. The molecule has 4 rings (SSSR count). The van der Waals surface area contributed by atoms with Gasteiger partial charge in [-0.2, -0.15) is 0 Å². The van der Waals surface area contributed by atoms with Crippen molar-refractivity contribution in [2.45, 2.75) is 79.1 Å². The Labute approximate surface area is 362 Å². The van der Waals surface area contributed by atoms with Crippen molar-refractivity contribution in [2.24, 2.45) is 0 Å². The van der Waals surface area contributed by atoms with E-state index in [0.29, 0.717) is 47.9 Å². The molecule has 0 bridgehead atoms. The largest absolute Gasteiger partial charge is 0.462 e. The summed E-state index contributed by atoms with van der Waals surface area (Å²) < 4.78 is 32.2. The second-order valence-electron chi connectivity index (χ2n) is 14.1. The molecule has 326 valence electrons. The minimum atomic E-state index is -0.759. The zero-order valence-electron chi connectivity index (χ0n) is 35.8. The summed E-state index contributed by atoms with van der Waals surface area (Å²) in [6.45, 7) is 8.63. The molecule has 0 heterocycles. The maximum atomic E-state index is 13.0. The Morgan fingerprint density at radius 2 is 0.661 bits per heavy atom. The Balaban J connectivity index is 1.35. The highest BCUT2D eigenvalue weighted by atomic mass is 16.6. The molecule has 0 radical (unpaired) electrons. The molecule has 0 fully saturated rings. The predicted octanol–water partition coefficient (Wildman–Crippen LogP) is 9.93. The summed E-state index contributed by atoms with van der Waals surface area (Å²) >= 11 is 0. The lowest BCUT2D eigenvalue weighted by atomic mass is 10.0. The first-order valence-electron chi connectivity index (χ1n) is 21.0. The predicted molar refractivity (Wildman–Crippen MR) is 234 cm³/mol. The van der Waals surface area contributed by atoms with Crippen molar-refractivity contribution in [3.63, 3.8) is 0 Å². The minimum absolute atomic E-state index is 0.191. The maximum absolute atomic E-state index is 13.0. The number of hydrogen-bond donors (Lipinski definition) is 0. The van der Waals surface area contributed by atoms with Gasteiger partial charge in [-0.1, -0.05) is 102 Å². The highest BCUT2D eigenvalue weighted by molar-refractivity contribution is 6.18. The molecular formula is C50H54O12. The summed E-state index contributed by atoms with van der Waals surface area (Å²) in [7, 11) is 0. The van der Waals surface area contributed by atoms with E-state index < -0.39 is 35.8 Å². The van der Waals surface area contributed by atoms with Gasteiger partial charge >= 0.3 is 35.8 Å². The van der Waals surface area contributed by atoms with E-state index in [1.54, 1.807) is 97.1 Å². The molecule has 0 spiro atoms. The highest BCUT2D eigenvalue weighted by Crippen LogP contribution is 2.24. The molecule has 0 N–H and O–H groups in total. The first-order valence-corrected chi connectivity index (χ1v) is 21.0. The molecule has 0 aliphatic heterocycles. The molecule has 0 amide bonds. The molecule has 4 aromatic carbocycles. The molecule has 0 atom stereocenters. The number of benzene rings is 4. The van der Waals surface area contributed by atoms with Gasteiger partial charge in [0.25, 0.3) is 0 Å². The van der Waals surface area contributed by atoms with Crippen LogP contribution >= 0.6 is 0 Å². The van der Waals surface area contributed by atoms with Crippen molar-refractivity contribution >= 4 is 48.0 Å². The fraction of sp³-hybridized carbons (Fsp3) is 0.320. The van der Waals surface area contributed by atoms with Crippen molar-refractivity contribution < 1.29 is 57.2 Å². The van der Waals surface area contributed by atoms with Crippen LogP contribution in [0.1, 0.15) is 111 Å². The maximum Gasteiger partial charge on any atom is 0.345 e. The Morgan fingerprint density at radius 3 is 0.919 bits per heavy atom. The van der Waals surface area contributed by atoms with Crippen LogP contribution in [0.3, 0.4) is 0 Å². The molecule has 4 aromatic rings. The summed E-state index contributed by atoms with van der Waals surface area (Å²) in [5, 5.41) is 0. The first-order chi connectivity index (χ1) is 30.1. The SMILES string of the molecule is CCCCOC(=O)C(=Cc1ccc(OC(=O)c2ccc(-c3ccc(C(=O)Oc4ccc(C=C(C(=O)OCCCC)C(=O)OCCCC)cc4)cc3)cc2)cc1)C(=O)OCCCC. The highest BCUT2D eigenvalue weighted by Gasteiger charge is 2.23. The number of unbranched alkanes of at least 4 members (excludes halogenated alkanes) is 4. The van der Waals surface area contributed by atoms with Crippen LogP contribution in [0.2, 0.25) is 0 Å². The van der Waals surface area contributed by atoms with Gasteiger partial charge < -0.3 is 28.4 Å². The van der Waals surface area contributed by atoms with Gasteiger partial charge in [-0.25, -0.2) is 28.8 Å². The summed E-state index contributed by atoms with van der Waals surface area (Å²) in [5.41, 5.74) is 2.80. The van der Waals surface area contributed by atoms with Gasteiger partial charge in [0.15, 0.2) is 0 Å². The van der Waals surface area contributed by atoms with Gasteiger partial charge in [0.1, 0.15) is 22.6 Å². The Kier molecular flexibility index (Phi) is 19.9. The zero-order valence-corrected chi connectivity index (χ0v) is 35.8. The number of carbonyl (C=O) groups excluding carboxylic acids is 6. The van der Waals surface area contributed by atoms with E-state index in [2.05, 4.69) is 0 Å². The molecule has 0 aliphatic carbocycles. The number of ether oxygens (including phenoxy) is 6.